The number of nitrogens with zero attached hydrogens (tertiary/aromatic N) is 3. The molecule has 8 heteroatoms. The molecule has 0 saturated carbocycles. The van der Waals surface area contributed by atoms with Crippen LogP contribution < -0.4 is 16.1 Å². The third kappa shape index (κ3) is 3.14. The van der Waals surface area contributed by atoms with Gasteiger partial charge in [0.05, 0.1) is 11.4 Å². The molecule has 1 aromatic carbocycles. The van der Waals surface area contributed by atoms with Gasteiger partial charge in [-0.1, -0.05) is 37.3 Å². The topological polar surface area (TPSA) is 120 Å². The van der Waals surface area contributed by atoms with Gasteiger partial charge < -0.3 is 15.7 Å². The lowest BCUT2D eigenvalue weighted by molar-refractivity contribution is 0.0896. The SMILES string of the molecule is CCC(N)C(=O)c1c(O)c2cncnc2n(OCc2ccccc2)c1=O. The molecular formula is C18H18N4O4. The Balaban J connectivity index is 2.14. The molecule has 0 spiro atoms. The molecule has 0 aliphatic rings. The molecule has 3 rings (SSSR count). The minimum atomic E-state index is -0.904. The number of hydrogen-bond donors (Lipinski definition) is 2. The highest BCUT2D eigenvalue weighted by molar-refractivity contribution is 6.05. The van der Waals surface area contributed by atoms with Gasteiger partial charge in [-0.15, -0.1) is 4.73 Å². The molecule has 1 atom stereocenters. The quantitative estimate of drug-likeness (QED) is 0.635. The Morgan fingerprint density at radius 2 is 2.08 bits per heavy atom. The second-order valence-electron chi connectivity index (χ2n) is 5.72. The van der Waals surface area contributed by atoms with Crippen molar-refractivity contribution in [2.45, 2.75) is 26.0 Å². The van der Waals surface area contributed by atoms with Crippen LogP contribution >= 0.6 is 0 Å². The second kappa shape index (κ2) is 7.32. The first-order chi connectivity index (χ1) is 12.5. The molecule has 134 valence electrons. The predicted octanol–water partition coefficient (Wildman–Crippen LogP) is 1.05. The standard InChI is InChI=1S/C18H18N4O4/c1-2-13(19)16(24)14-15(23)12-8-20-10-21-17(12)22(18(14)25)26-9-11-6-4-3-5-7-11/h3-8,10,13,23H,2,9,19H2,1H3. The largest absolute Gasteiger partial charge is 0.506 e. The van der Waals surface area contributed by atoms with Crippen LogP contribution in [0.1, 0.15) is 29.3 Å². The van der Waals surface area contributed by atoms with Crippen LogP contribution in [-0.4, -0.2) is 31.6 Å². The van der Waals surface area contributed by atoms with Crippen molar-refractivity contribution < 1.29 is 14.7 Å². The number of benzene rings is 1. The maximum Gasteiger partial charge on any atom is 0.299 e. The third-order valence-corrected chi connectivity index (χ3v) is 4.00. The number of carbonyl (C=O) groups is 1. The summed E-state index contributed by atoms with van der Waals surface area (Å²) in [4.78, 5) is 38.8. The monoisotopic (exact) mass is 354 g/mol. The van der Waals surface area contributed by atoms with Crippen LogP contribution in [0.5, 0.6) is 5.75 Å². The lowest BCUT2D eigenvalue weighted by atomic mass is 10.0. The molecule has 0 aliphatic carbocycles. The maximum atomic E-state index is 12.8. The van der Waals surface area contributed by atoms with Gasteiger partial charge in [0.15, 0.2) is 11.4 Å². The van der Waals surface area contributed by atoms with Crippen LogP contribution in [-0.2, 0) is 6.61 Å². The number of Topliss-reactive ketones (excluding diaryl/α,β-unsaturated/α-hetero) is 1. The number of aromatic nitrogens is 3. The Morgan fingerprint density at radius 3 is 2.77 bits per heavy atom. The van der Waals surface area contributed by atoms with Crippen LogP contribution in [0, 0.1) is 0 Å². The summed E-state index contributed by atoms with van der Waals surface area (Å²) in [6.45, 7) is 1.80. The van der Waals surface area contributed by atoms with Crippen molar-refractivity contribution in [3.8, 4) is 5.75 Å². The summed E-state index contributed by atoms with van der Waals surface area (Å²) in [6.07, 6.45) is 2.86. The lowest BCUT2D eigenvalue weighted by Crippen LogP contribution is -2.38. The molecule has 0 saturated heterocycles. The van der Waals surface area contributed by atoms with E-state index in [2.05, 4.69) is 9.97 Å². The summed E-state index contributed by atoms with van der Waals surface area (Å²) in [5, 5.41) is 10.6. The molecule has 0 aliphatic heterocycles. The molecule has 0 amide bonds. The van der Waals surface area contributed by atoms with Gasteiger partial charge in [0.1, 0.15) is 24.2 Å². The van der Waals surface area contributed by atoms with E-state index < -0.39 is 28.7 Å². The minimum absolute atomic E-state index is 0.0695. The number of hydrogen-bond acceptors (Lipinski definition) is 7. The van der Waals surface area contributed by atoms with Crippen molar-refractivity contribution in [2.24, 2.45) is 5.73 Å². The van der Waals surface area contributed by atoms with E-state index in [4.69, 9.17) is 10.6 Å². The molecule has 3 aromatic rings. The second-order valence-corrected chi connectivity index (χ2v) is 5.72. The minimum Gasteiger partial charge on any atom is -0.506 e. The van der Waals surface area contributed by atoms with Crippen molar-refractivity contribution in [3.63, 3.8) is 0 Å². The van der Waals surface area contributed by atoms with E-state index in [1.807, 2.05) is 30.3 Å². The Labute approximate surface area is 148 Å². The average molecular weight is 354 g/mol. The molecule has 1 unspecified atom stereocenters. The van der Waals surface area contributed by atoms with E-state index in [1.165, 1.54) is 12.5 Å². The zero-order valence-corrected chi connectivity index (χ0v) is 14.1. The normalized spacial score (nSPS) is 12.1. The number of ketones is 1. The number of carbonyl (C=O) groups excluding carboxylic acids is 1. The first-order valence-electron chi connectivity index (χ1n) is 8.09. The van der Waals surface area contributed by atoms with E-state index in [1.54, 1.807) is 6.92 Å². The molecule has 0 radical (unpaired) electrons. The van der Waals surface area contributed by atoms with E-state index in [9.17, 15) is 14.7 Å². The molecule has 2 heterocycles. The Kier molecular flexibility index (Phi) is 4.94. The van der Waals surface area contributed by atoms with Crippen molar-refractivity contribution in [1.29, 1.82) is 0 Å². The van der Waals surface area contributed by atoms with Crippen LogP contribution in [0.2, 0.25) is 0 Å². The highest BCUT2D eigenvalue weighted by Crippen LogP contribution is 2.25. The highest BCUT2D eigenvalue weighted by atomic mass is 16.7. The smallest absolute Gasteiger partial charge is 0.299 e. The van der Waals surface area contributed by atoms with E-state index in [-0.39, 0.29) is 17.6 Å². The van der Waals surface area contributed by atoms with Gasteiger partial charge >= 0.3 is 0 Å². The maximum absolute atomic E-state index is 12.8. The van der Waals surface area contributed by atoms with Gasteiger partial charge in [0.25, 0.3) is 5.56 Å². The first-order valence-corrected chi connectivity index (χ1v) is 8.09. The fourth-order valence-electron chi connectivity index (χ4n) is 2.51. The molecule has 3 N–H and O–H groups in total. The van der Waals surface area contributed by atoms with E-state index >= 15 is 0 Å². The van der Waals surface area contributed by atoms with Crippen molar-refractivity contribution >= 4 is 16.8 Å². The van der Waals surface area contributed by atoms with Crippen LogP contribution in [0.4, 0.5) is 0 Å². The van der Waals surface area contributed by atoms with Gasteiger partial charge in [-0.3, -0.25) is 9.59 Å². The summed E-state index contributed by atoms with van der Waals surface area (Å²) < 4.78 is 0.902. The van der Waals surface area contributed by atoms with E-state index in [0.717, 1.165) is 10.3 Å². The Morgan fingerprint density at radius 1 is 1.35 bits per heavy atom. The predicted molar refractivity (Wildman–Crippen MR) is 94.8 cm³/mol. The summed E-state index contributed by atoms with van der Waals surface area (Å²) in [5.74, 6) is -1.14. The molecule has 2 aromatic heterocycles. The van der Waals surface area contributed by atoms with Crippen molar-refractivity contribution in [2.75, 3.05) is 0 Å². The van der Waals surface area contributed by atoms with Gasteiger partial charge in [0, 0.05) is 6.20 Å². The summed E-state index contributed by atoms with van der Waals surface area (Å²) in [5.41, 5.74) is 5.43. The van der Waals surface area contributed by atoms with Crippen LogP contribution in [0.3, 0.4) is 0 Å². The highest BCUT2D eigenvalue weighted by Gasteiger charge is 2.26. The molecule has 8 nitrogen and oxygen atoms in total. The summed E-state index contributed by atoms with van der Waals surface area (Å²) in [6, 6.07) is 8.31. The number of nitrogens with two attached hydrogens (primary N) is 1. The zero-order valence-electron chi connectivity index (χ0n) is 14.1. The average Bonchev–Trinajstić information content (AvgIpc) is 2.68. The Bertz CT molecular complexity index is 1000. The van der Waals surface area contributed by atoms with Gasteiger partial charge in [-0.2, -0.15) is 0 Å². The molecule has 0 bridgehead atoms. The van der Waals surface area contributed by atoms with Crippen molar-refractivity contribution in [3.05, 3.63) is 64.3 Å². The number of aromatic hydroxyl groups is 1. The summed E-state index contributed by atoms with van der Waals surface area (Å²) in [7, 11) is 0. The molecule has 26 heavy (non-hydrogen) atoms. The summed E-state index contributed by atoms with van der Waals surface area (Å²) >= 11 is 0. The molecular weight excluding hydrogens is 336 g/mol. The third-order valence-electron chi connectivity index (χ3n) is 4.00. The van der Waals surface area contributed by atoms with Gasteiger partial charge in [0.2, 0.25) is 0 Å². The van der Waals surface area contributed by atoms with Crippen molar-refractivity contribution in [1.82, 2.24) is 14.7 Å². The lowest BCUT2D eigenvalue weighted by Gasteiger charge is -2.15. The number of fused-ring (bicyclic) bond motifs is 1. The number of rotatable bonds is 6. The number of pyridine rings is 1. The van der Waals surface area contributed by atoms with Crippen LogP contribution in [0.25, 0.3) is 11.0 Å². The van der Waals surface area contributed by atoms with Gasteiger partial charge in [-0.05, 0) is 12.0 Å². The van der Waals surface area contributed by atoms with Gasteiger partial charge in [-0.25, -0.2) is 9.97 Å². The van der Waals surface area contributed by atoms with Crippen LogP contribution in [0.15, 0.2) is 47.7 Å². The first kappa shape index (κ1) is 17.6. The van der Waals surface area contributed by atoms with E-state index in [0.29, 0.717) is 6.42 Å². The Hall–Kier alpha value is -3.26. The molecule has 0 fully saturated rings. The fraction of sp³-hybridized carbons (Fsp3) is 0.222. The fourth-order valence-corrected chi connectivity index (χ4v) is 2.51. The zero-order chi connectivity index (χ0) is 18.7.